The van der Waals surface area contributed by atoms with Crippen LogP contribution in [0.5, 0.6) is 0 Å². The number of hydrogen-bond acceptors (Lipinski definition) is 4. The summed E-state index contributed by atoms with van der Waals surface area (Å²) in [5.74, 6) is 2.76. The molecule has 22 heavy (non-hydrogen) atoms. The lowest BCUT2D eigenvalue weighted by molar-refractivity contribution is 0.368. The van der Waals surface area contributed by atoms with Crippen LogP contribution in [-0.4, -0.2) is 48.2 Å². The van der Waals surface area contributed by atoms with Crippen LogP contribution >= 0.6 is 24.0 Å². The van der Waals surface area contributed by atoms with Gasteiger partial charge in [-0.1, -0.05) is 32.3 Å². The van der Waals surface area contributed by atoms with E-state index in [1.807, 2.05) is 7.05 Å². The Labute approximate surface area is 151 Å². The Kier molecular flexibility index (Phi) is 11.2. The molecule has 0 aliphatic carbocycles. The third-order valence-corrected chi connectivity index (χ3v) is 3.27. The van der Waals surface area contributed by atoms with Crippen molar-refractivity contribution in [3.63, 3.8) is 0 Å². The molecule has 0 saturated carbocycles. The van der Waals surface area contributed by atoms with Gasteiger partial charge in [-0.2, -0.15) is 4.98 Å². The molecule has 0 saturated heterocycles. The van der Waals surface area contributed by atoms with Crippen molar-refractivity contribution in [2.24, 2.45) is 4.99 Å². The van der Waals surface area contributed by atoms with Crippen molar-refractivity contribution in [2.45, 2.75) is 52.4 Å². The van der Waals surface area contributed by atoms with Crippen molar-refractivity contribution in [2.75, 3.05) is 27.2 Å². The Balaban J connectivity index is 0.00000441. The second kappa shape index (κ2) is 11.7. The van der Waals surface area contributed by atoms with Crippen molar-refractivity contribution in [1.29, 1.82) is 0 Å². The van der Waals surface area contributed by atoms with Crippen molar-refractivity contribution in [1.82, 2.24) is 20.4 Å². The van der Waals surface area contributed by atoms with Gasteiger partial charge in [0.05, 0.1) is 0 Å². The predicted octanol–water partition coefficient (Wildman–Crippen LogP) is 3.05. The standard InChI is InChI=1S/C15H29N5O.HI/c1-6-7-11-20(5)15(16-4)17-10-8-9-13-18-14(12(2)3)19-21-13;/h12H,6-11H2,1-5H3,(H,16,17);1H. The molecule has 0 radical (unpaired) electrons. The van der Waals surface area contributed by atoms with Crippen LogP contribution in [0.1, 0.15) is 57.7 Å². The zero-order valence-corrected chi connectivity index (χ0v) is 16.8. The van der Waals surface area contributed by atoms with Gasteiger partial charge in [-0.3, -0.25) is 4.99 Å². The summed E-state index contributed by atoms with van der Waals surface area (Å²) in [6.07, 6.45) is 4.11. The topological polar surface area (TPSA) is 66.5 Å². The molecule has 128 valence electrons. The Morgan fingerprint density at radius 3 is 2.64 bits per heavy atom. The average molecular weight is 423 g/mol. The Morgan fingerprint density at radius 1 is 1.36 bits per heavy atom. The molecule has 0 amide bonds. The van der Waals surface area contributed by atoms with E-state index in [1.54, 1.807) is 0 Å². The minimum Gasteiger partial charge on any atom is -0.356 e. The maximum absolute atomic E-state index is 5.23. The summed E-state index contributed by atoms with van der Waals surface area (Å²) in [7, 11) is 3.88. The fourth-order valence-electron chi connectivity index (χ4n) is 1.93. The van der Waals surface area contributed by atoms with Crippen molar-refractivity contribution in [3.05, 3.63) is 11.7 Å². The lowest BCUT2D eigenvalue weighted by Gasteiger charge is -2.21. The first-order valence-electron chi connectivity index (χ1n) is 7.82. The summed E-state index contributed by atoms with van der Waals surface area (Å²) in [6.45, 7) is 8.19. The summed E-state index contributed by atoms with van der Waals surface area (Å²) in [6, 6.07) is 0. The molecule has 0 unspecified atom stereocenters. The molecular formula is C15H30IN5O. The summed E-state index contributed by atoms with van der Waals surface area (Å²) < 4.78 is 5.23. The third kappa shape index (κ3) is 7.42. The van der Waals surface area contributed by atoms with E-state index >= 15 is 0 Å². The molecule has 7 heteroatoms. The normalized spacial score (nSPS) is 11.5. The molecule has 6 nitrogen and oxygen atoms in total. The SMILES string of the molecule is CCCCN(C)C(=NC)NCCCc1nc(C(C)C)no1.I. The molecule has 0 atom stereocenters. The van der Waals surface area contributed by atoms with Crippen LogP contribution in [0.4, 0.5) is 0 Å². The molecule has 1 aromatic heterocycles. The average Bonchev–Trinajstić information content (AvgIpc) is 2.94. The predicted molar refractivity (Wildman–Crippen MR) is 101 cm³/mol. The highest BCUT2D eigenvalue weighted by atomic mass is 127. The van der Waals surface area contributed by atoms with Crippen LogP contribution in [0.15, 0.2) is 9.52 Å². The van der Waals surface area contributed by atoms with Crippen LogP contribution in [0.3, 0.4) is 0 Å². The third-order valence-electron chi connectivity index (χ3n) is 3.27. The Hall–Kier alpha value is -0.860. The minimum absolute atomic E-state index is 0. The first kappa shape index (κ1) is 21.1. The van der Waals surface area contributed by atoms with Gasteiger partial charge < -0.3 is 14.7 Å². The van der Waals surface area contributed by atoms with Gasteiger partial charge in [0.25, 0.3) is 0 Å². The van der Waals surface area contributed by atoms with E-state index in [0.29, 0.717) is 5.92 Å². The number of guanidine groups is 1. The molecule has 0 aliphatic rings. The van der Waals surface area contributed by atoms with Crippen molar-refractivity contribution in [3.8, 4) is 0 Å². The number of hydrogen-bond donors (Lipinski definition) is 1. The van der Waals surface area contributed by atoms with E-state index in [9.17, 15) is 0 Å². The number of aromatic nitrogens is 2. The zero-order chi connectivity index (χ0) is 15.7. The quantitative estimate of drug-likeness (QED) is 0.301. The summed E-state index contributed by atoms with van der Waals surface area (Å²) in [4.78, 5) is 10.8. The van der Waals surface area contributed by atoms with Crippen molar-refractivity contribution < 1.29 is 4.52 Å². The van der Waals surface area contributed by atoms with E-state index in [2.05, 4.69) is 53.2 Å². The van der Waals surface area contributed by atoms with Crippen LogP contribution in [0.2, 0.25) is 0 Å². The lowest BCUT2D eigenvalue weighted by atomic mass is 10.2. The molecule has 0 fully saturated rings. The Bertz CT molecular complexity index is 433. The van der Waals surface area contributed by atoms with E-state index in [1.165, 1.54) is 12.8 Å². The first-order valence-corrected chi connectivity index (χ1v) is 7.82. The lowest BCUT2D eigenvalue weighted by Crippen LogP contribution is -2.39. The molecule has 1 heterocycles. The fourth-order valence-corrected chi connectivity index (χ4v) is 1.93. The van der Waals surface area contributed by atoms with Gasteiger partial charge in [-0.15, -0.1) is 24.0 Å². The van der Waals surface area contributed by atoms with Gasteiger partial charge in [0.2, 0.25) is 5.89 Å². The van der Waals surface area contributed by atoms with Gasteiger partial charge in [0, 0.05) is 39.5 Å². The number of rotatable bonds is 8. The van der Waals surface area contributed by atoms with Crippen LogP contribution in [0, 0.1) is 0 Å². The molecule has 1 aromatic rings. The van der Waals surface area contributed by atoms with Crippen LogP contribution in [-0.2, 0) is 6.42 Å². The highest BCUT2D eigenvalue weighted by Gasteiger charge is 2.09. The number of nitrogens with one attached hydrogen (secondary N) is 1. The van der Waals surface area contributed by atoms with E-state index in [0.717, 1.165) is 43.6 Å². The second-order valence-electron chi connectivity index (χ2n) is 5.55. The maximum Gasteiger partial charge on any atom is 0.226 e. The smallest absolute Gasteiger partial charge is 0.226 e. The summed E-state index contributed by atoms with van der Waals surface area (Å²) in [5, 5.41) is 7.33. The van der Waals surface area contributed by atoms with Gasteiger partial charge in [0.15, 0.2) is 11.8 Å². The summed E-state index contributed by atoms with van der Waals surface area (Å²) >= 11 is 0. The van der Waals surface area contributed by atoms with E-state index in [-0.39, 0.29) is 24.0 Å². The van der Waals surface area contributed by atoms with Crippen LogP contribution in [0.25, 0.3) is 0 Å². The zero-order valence-electron chi connectivity index (χ0n) is 14.4. The number of halogens is 1. The van der Waals surface area contributed by atoms with Gasteiger partial charge >= 0.3 is 0 Å². The monoisotopic (exact) mass is 423 g/mol. The van der Waals surface area contributed by atoms with E-state index < -0.39 is 0 Å². The molecule has 0 aromatic carbocycles. The maximum atomic E-state index is 5.23. The second-order valence-corrected chi connectivity index (χ2v) is 5.55. The molecular weight excluding hydrogens is 393 g/mol. The van der Waals surface area contributed by atoms with Gasteiger partial charge in [-0.25, -0.2) is 0 Å². The molecule has 1 rings (SSSR count). The van der Waals surface area contributed by atoms with Crippen LogP contribution < -0.4 is 5.32 Å². The molecule has 1 N–H and O–H groups in total. The number of nitrogens with zero attached hydrogens (tertiary/aromatic N) is 4. The number of aliphatic imine (C=N–C) groups is 1. The highest BCUT2D eigenvalue weighted by Crippen LogP contribution is 2.10. The highest BCUT2D eigenvalue weighted by molar-refractivity contribution is 14.0. The Morgan fingerprint density at radius 2 is 2.09 bits per heavy atom. The minimum atomic E-state index is 0. The van der Waals surface area contributed by atoms with Crippen molar-refractivity contribution >= 4 is 29.9 Å². The van der Waals surface area contributed by atoms with Gasteiger partial charge in [0.1, 0.15) is 0 Å². The summed E-state index contributed by atoms with van der Waals surface area (Å²) in [5.41, 5.74) is 0. The number of aryl methyl sites for hydroxylation is 1. The molecule has 0 aliphatic heterocycles. The number of unbranched alkanes of at least 4 members (excludes halogenated alkanes) is 1. The van der Waals surface area contributed by atoms with E-state index in [4.69, 9.17) is 4.52 Å². The molecule has 0 bridgehead atoms. The van der Waals surface area contributed by atoms with Gasteiger partial charge in [-0.05, 0) is 12.8 Å². The largest absolute Gasteiger partial charge is 0.356 e. The first-order chi connectivity index (χ1) is 10.1. The fraction of sp³-hybridized carbons (Fsp3) is 0.800. The molecule has 0 spiro atoms.